The van der Waals surface area contributed by atoms with Crippen molar-refractivity contribution in [3.63, 3.8) is 0 Å². The van der Waals surface area contributed by atoms with Crippen LogP contribution < -0.4 is 0 Å². The molecule has 0 spiro atoms. The van der Waals surface area contributed by atoms with Crippen LogP contribution in [0.5, 0.6) is 0 Å². The largest absolute Gasteiger partial charge is 0.349 e. The minimum Gasteiger partial charge on any atom is -0.349 e. The normalized spacial score (nSPS) is 16.2. The lowest BCUT2D eigenvalue weighted by Crippen LogP contribution is -2.35. The number of halogens is 1. The number of carbonyl (C=O) groups excluding carboxylic acids is 1. The van der Waals surface area contributed by atoms with Gasteiger partial charge in [-0.1, -0.05) is 41.4 Å². The molecule has 7 heteroatoms. The fourth-order valence-corrected chi connectivity index (χ4v) is 4.04. The number of nitrogens with zero attached hydrogens (tertiary/aromatic N) is 3. The van der Waals surface area contributed by atoms with E-state index in [2.05, 4.69) is 4.57 Å². The average molecular weight is 410 g/mol. The maximum absolute atomic E-state index is 13.5. The first kappa shape index (κ1) is 19.2. The van der Waals surface area contributed by atoms with Gasteiger partial charge in [0, 0.05) is 36.6 Å². The number of carbonyl (C=O) groups is 1. The summed E-state index contributed by atoms with van der Waals surface area (Å²) in [7, 11) is 0. The van der Waals surface area contributed by atoms with Gasteiger partial charge in [-0.25, -0.2) is 0 Å². The van der Waals surface area contributed by atoms with Gasteiger partial charge in [-0.15, -0.1) is 0 Å². The fraction of sp³-hybridized carbons (Fsp3) is 0.227. The lowest BCUT2D eigenvalue weighted by Gasteiger charge is -2.31. The van der Waals surface area contributed by atoms with E-state index in [-0.39, 0.29) is 28.2 Å². The second-order valence-electron chi connectivity index (χ2n) is 7.22. The van der Waals surface area contributed by atoms with Crippen molar-refractivity contribution in [2.24, 2.45) is 0 Å². The maximum atomic E-state index is 13.5. The Kier molecular flexibility index (Phi) is 5.11. The Bertz CT molecular complexity index is 1080. The Morgan fingerprint density at radius 2 is 1.90 bits per heavy atom. The highest BCUT2D eigenvalue weighted by molar-refractivity contribution is 6.32. The van der Waals surface area contributed by atoms with E-state index in [0.717, 1.165) is 29.8 Å². The molecule has 0 bridgehead atoms. The van der Waals surface area contributed by atoms with Gasteiger partial charge in [0.2, 0.25) is 0 Å². The average Bonchev–Trinajstić information content (AvgIpc) is 3.08. The van der Waals surface area contributed by atoms with E-state index in [9.17, 15) is 14.9 Å². The van der Waals surface area contributed by atoms with E-state index < -0.39 is 4.92 Å². The highest BCUT2D eigenvalue weighted by Gasteiger charge is 2.32. The van der Waals surface area contributed by atoms with Crippen molar-refractivity contribution in [1.29, 1.82) is 0 Å². The molecule has 1 aliphatic heterocycles. The molecule has 3 aromatic rings. The van der Waals surface area contributed by atoms with Crippen LogP contribution in [0, 0.1) is 17.0 Å². The van der Waals surface area contributed by atoms with Crippen LogP contribution in [0.1, 0.15) is 39.6 Å². The van der Waals surface area contributed by atoms with Gasteiger partial charge in [0.1, 0.15) is 5.02 Å². The third kappa shape index (κ3) is 3.63. The zero-order valence-electron chi connectivity index (χ0n) is 15.9. The van der Waals surface area contributed by atoms with Crippen LogP contribution in [0.4, 0.5) is 5.69 Å². The molecule has 0 radical (unpaired) electrons. The number of fused-ring (bicyclic) bond motifs is 1. The minimum absolute atomic E-state index is 0.0198. The Hall–Kier alpha value is -3.12. The molecule has 0 saturated heterocycles. The van der Waals surface area contributed by atoms with Gasteiger partial charge in [-0.05, 0) is 43.2 Å². The molecule has 6 nitrogen and oxygen atoms in total. The lowest BCUT2D eigenvalue weighted by molar-refractivity contribution is -0.384. The van der Waals surface area contributed by atoms with E-state index in [0.29, 0.717) is 6.54 Å². The molecule has 1 unspecified atom stereocenters. The number of hydrogen-bond donors (Lipinski definition) is 0. The first-order chi connectivity index (χ1) is 14.0. The SMILES string of the molecule is Cc1ccc(C2c3cccn3CCCN2C(=O)c2ccc(Cl)c([N+](=O)[O-])c2)cc1. The van der Waals surface area contributed by atoms with Crippen LogP contribution in [0.2, 0.25) is 5.02 Å². The highest BCUT2D eigenvalue weighted by Crippen LogP contribution is 2.34. The van der Waals surface area contributed by atoms with Crippen molar-refractivity contribution in [2.75, 3.05) is 6.54 Å². The summed E-state index contributed by atoms with van der Waals surface area (Å²) in [6, 6.07) is 16.1. The predicted octanol–water partition coefficient (Wildman–Crippen LogP) is 4.99. The number of nitro groups is 1. The van der Waals surface area contributed by atoms with Gasteiger partial charge in [0.25, 0.3) is 11.6 Å². The number of rotatable bonds is 3. The van der Waals surface area contributed by atoms with Crippen LogP contribution in [-0.2, 0) is 6.54 Å². The molecule has 2 heterocycles. The Balaban J connectivity index is 1.80. The Morgan fingerprint density at radius 3 is 2.62 bits per heavy atom. The molecular formula is C22H20ClN3O3. The molecule has 2 aromatic carbocycles. The number of aryl methyl sites for hydroxylation is 2. The Morgan fingerprint density at radius 1 is 1.14 bits per heavy atom. The van der Waals surface area contributed by atoms with E-state index >= 15 is 0 Å². The number of hydrogen-bond acceptors (Lipinski definition) is 3. The minimum atomic E-state index is -0.565. The van der Waals surface area contributed by atoms with Gasteiger partial charge >= 0.3 is 0 Å². The fourth-order valence-electron chi connectivity index (χ4n) is 3.85. The number of benzene rings is 2. The molecule has 29 heavy (non-hydrogen) atoms. The van der Waals surface area contributed by atoms with Crippen molar-refractivity contribution in [2.45, 2.75) is 25.9 Å². The molecule has 1 amide bonds. The van der Waals surface area contributed by atoms with Gasteiger partial charge in [0.05, 0.1) is 11.0 Å². The number of nitro benzene ring substituents is 1. The van der Waals surface area contributed by atoms with E-state index in [1.165, 1.54) is 12.1 Å². The van der Waals surface area contributed by atoms with Crippen LogP contribution >= 0.6 is 11.6 Å². The third-order valence-corrected chi connectivity index (χ3v) is 5.62. The lowest BCUT2D eigenvalue weighted by atomic mass is 9.99. The summed E-state index contributed by atoms with van der Waals surface area (Å²) in [6.07, 6.45) is 2.82. The molecule has 148 valence electrons. The summed E-state index contributed by atoms with van der Waals surface area (Å²) >= 11 is 5.93. The van der Waals surface area contributed by atoms with Crippen molar-refractivity contribution >= 4 is 23.2 Å². The van der Waals surface area contributed by atoms with Gasteiger partial charge in [-0.2, -0.15) is 0 Å². The van der Waals surface area contributed by atoms with Crippen LogP contribution in [0.3, 0.4) is 0 Å². The highest BCUT2D eigenvalue weighted by atomic mass is 35.5. The number of aromatic nitrogens is 1. The molecule has 1 aromatic heterocycles. The van der Waals surface area contributed by atoms with Gasteiger partial charge < -0.3 is 9.47 Å². The zero-order chi connectivity index (χ0) is 20.5. The molecule has 0 fully saturated rings. The standard InChI is InChI=1S/C22H20ClN3O3/c1-15-5-7-16(8-6-15)21-19-4-2-11-24(19)12-3-13-25(21)22(27)17-9-10-18(23)20(14-17)26(28)29/h2,4-11,14,21H,3,12-13H2,1H3. The molecular weight excluding hydrogens is 390 g/mol. The molecule has 0 N–H and O–H groups in total. The topological polar surface area (TPSA) is 68.4 Å². The van der Waals surface area contributed by atoms with E-state index in [1.807, 2.05) is 49.5 Å². The van der Waals surface area contributed by atoms with Crippen LogP contribution in [0.25, 0.3) is 0 Å². The Labute approximate surface area is 173 Å². The second kappa shape index (κ2) is 7.72. The monoisotopic (exact) mass is 409 g/mol. The molecule has 1 aliphatic rings. The molecule has 0 aliphatic carbocycles. The van der Waals surface area contributed by atoms with E-state index in [1.54, 1.807) is 11.0 Å². The van der Waals surface area contributed by atoms with Gasteiger partial charge in [0.15, 0.2) is 0 Å². The van der Waals surface area contributed by atoms with Gasteiger partial charge in [-0.3, -0.25) is 14.9 Å². The second-order valence-corrected chi connectivity index (χ2v) is 7.62. The summed E-state index contributed by atoms with van der Waals surface area (Å²) in [6.45, 7) is 3.39. The predicted molar refractivity (Wildman–Crippen MR) is 111 cm³/mol. The maximum Gasteiger partial charge on any atom is 0.288 e. The zero-order valence-corrected chi connectivity index (χ0v) is 16.7. The summed E-state index contributed by atoms with van der Waals surface area (Å²) in [5, 5.41) is 11.3. The van der Waals surface area contributed by atoms with Crippen LogP contribution in [-0.4, -0.2) is 26.8 Å². The number of amides is 1. The first-order valence-electron chi connectivity index (χ1n) is 9.42. The van der Waals surface area contributed by atoms with Crippen molar-refractivity contribution in [3.05, 3.63) is 98.3 Å². The molecule has 4 rings (SSSR count). The molecule has 1 atom stereocenters. The van der Waals surface area contributed by atoms with Crippen LogP contribution in [0.15, 0.2) is 60.8 Å². The van der Waals surface area contributed by atoms with Crippen molar-refractivity contribution in [1.82, 2.24) is 9.47 Å². The summed E-state index contributed by atoms with van der Waals surface area (Å²) in [4.78, 5) is 26.0. The summed E-state index contributed by atoms with van der Waals surface area (Å²) in [5.74, 6) is -0.245. The van der Waals surface area contributed by atoms with Crippen molar-refractivity contribution < 1.29 is 9.72 Å². The van der Waals surface area contributed by atoms with Crippen molar-refractivity contribution in [3.8, 4) is 0 Å². The van der Waals surface area contributed by atoms with E-state index in [4.69, 9.17) is 11.6 Å². The summed E-state index contributed by atoms with van der Waals surface area (Å²) in [5.41, 5.74) is 3.18. The third-order valence-electron chi connectivity index (χ3n) is 5.30. The molecule has 0 saturated carbocycles. The smallest absolute Gasteiger partial charge is 0.288 e. The first-order valence-corrected chi connectivity index (χ1v) is 9.80. The summed E-state index contributed by atoms with van der Waals surface area (Å²) < 4.78 is 2.17. The quantitative estimate of drug-likeness (QED) is 0.452.